The van der Waals surface area contributed by atoms with Crippen molar-refractivity contribution >= 4 is 39.0 Å². The van der Waals surface area contributed by atoms with Crippen molar-refractivity contribution in [2.24, 2.45) is 0 Å². The Balaban J connectivity index is 2.00. The maximum atomic E-state index is 11.9. The van der Waals surface area contributed by atoms with Crippen LogP contribution in [0, 0.1) is 6.92 Å². The summed E-state index contributed by atoms with van der Waals surface area (Å²) in [6.45, 7) is 2.01. The number of aryl methyl sites for hydroxylation is 1. The molecule has 0 radical (unpaired) electrons. The van der Waals surface area contributed by atoms with E-state index in [-0.39, 0.29) is 5.78 Å². The molecule has 20 heavy (non-hydrogen) atoms. The maximum Gasteiger partial charge on any atom is 0.187 e. The summed E-state index contributed by atoms with van der Waals surface area (Å²) in [5.41, 5.74) is 2.68. The van der Waals surface area contributed by atoms with Gasteiger partial charge in [-0.15, -0.1) is 0 Å². The Morgan fingerprint density at radius 2 is 1.90 bits per heavy atom. The monoisotopic (exact) mass is 349 g/mol. The zero-order valence-electron chi connectivity index (χ0n) is 10.9. The van der Waals surface area contributed by atoms with Crippen LogP contribution in [0.25, 0.3) is 0 Å². The molecule has 2 rings (SSSR count). The van der Waals surface area contributed by atoms with Gasteiger partial charge in [0.25, 0.3) is 0 Å². The first-order valence-electron chi connectivity index (χ1n) is 6.05. The van der Waals surface area contributed by atoms with Crippen LogP contribution < -0.4 is 5.32 Å². The predicted octanol–water partition coefficient (Wildman–Crippen LogP) is 5.22. The molecule has 0 unspecified atom stereocenters. The van der Waals surface area contributed by atoms with Gasteiger partial charge in [-0.05, 0) is 55.0 Å². The molecular weight excluding hydrogens is 338 g/mol. The lowest BCUT2D eigenvalue weighted by Crippen LogP contribution is -1.96. The summed E-state index contributed by atoms with van der Waals surface area (Å²) in [6.07, 6.45) is 3.14. The molecule has 0 amide bonds. The Hall–Kier alpha value is -1.58. The van der Waals surface area contributed by atoms with Crippen LogP contribution in [0.3, 0.4) is 0 Å². The van der Waals surface area contributed by atoms with E-state index in [0.29, 0.717) is 10.6 Å². The van der Waals surface area contributed by atoms with Crippen molar-refractivity contribution < 1.29 is 4.79 Å². The van der Waals surface area contributed by atoms with Gasteiger partial charge < -0.3 is 5.32 Å². The van der Waals surface area contributed by atoms with E-state index in [1.165, 1.54) is 6.08 Å². The van der Waals surface area contributed by atoms with E-state index in [2.05, 4.69) is 21.2 Å². The van der Waals surface area contributed by atoms with E-state index in [1.807, 2.05) is 25.1 Å². The number of allylic oxidation sites excluding steroid dienone is 1. The Bertz CT molecular complexity index is 650. The smallest absolute Gasteiger partial charge is 0.187 e. The molecule has 0 aliphatic carbocycles. The quantitative estimate of drug-likeness (QED) is 0.605. The van der Waals surface area contributed by atoms with Crippen LogP contribution in [0.5, 0.6) is 0 Å². The van der Waals surface area contributed by atoms with E-state index in [0.717, 1.165) is 15.7 Å². The van der Waals surface area contributed by atoms with Gasteiger partial charge in [0.1, 0.15) is 0 Å². The average molecular weight is 351 g/mol. The average Bonchev–Trinajstić information content (AvgIpc) is 2.43. The lowest BCUT2D eigenvalue weighted by atomic mass is 10.1. The van der Waals surface area contributed by atoms with Crippen molar-refractivity contribution in [1.82, 2.24) is 0 Å². The Morgan fingerprint density at radius 1 is 1.20 bits per heavy atom. The third-order valence-electron chi connectivity index (χ3n) is 2.77. The summed E-state index contributed by atoms with van der Waals surface area (Å²) in [4.78, 5) is 11.9. The van der Waals surface area contributed by atoms with E-state index >= 15 is 0 Å². The van der Waals surface area contributed by atoms with Crippen LogP contribution in [-0.4, -0.2) is 5.78 Å². The molecule has 0 fully saturated rings. The minimum Gasteiger partial charge on any atom is -0.362 e. The molecular formula is C16H13BrClNO. The van der Waals surface area contributed by atoms with Crippen LogP contribution in [-0.2, 0) is 0 Å². The number of benzene rings is 2. The van der Waals surface area contributed by atoms with E-state index < -0.39 is 0 Å². The zero-order chi connectivity index (χ0) is 14.5. The highest BCUT2D eigenvalue weighted by molar-refractivity contribution is 9.10. The molecule has 2 aromatic carbocycles. The molecule has 0 atom stereocenters. The molecule has 0 saturated carbocycles. The number of hydrogen-bond acceptors (Lipinski definition) is 2. The van der Waals surface area contributed by atoms with E-state index in [1.54, 1.807) is 30.5 Å². The Kier molecular flexibility index (Phi) is 4.99. The third kappa shape index (κ3) is 3.95. The van der Waals surface area contributed by atoms with Gasteiger partial charge in [0.15, 0.2) is 5.78 Å². The van der Waals surface area contributed by atoms with Gasteiger partial charge in [-0.3, -0.25) is 4.79 Å². The van der Waals surface area contributed by atoms with Gasteiger partial charge in [-0.25, -0.2) is 0 Å². The number of hydrogen-bond donors (Lipinski definition) is 1. The van der Waals surface area contributed by atoms with Gasteiger partial charge in [0.2, 0.25) is 0 Å². The number of anilines is 1. The molecule has 4 heteroatoms. The summed E-state index contributed by atoms with van der Waals surface area (Å²) in [7, 11) is 0. The topological polar surface area (TPSA) is 29.1 Å². The molecule has 0 aromatic heterocycles. The van der Waals surface area contributed by atoms with Crippen molar-refractivity contribution in [3.05, 3.63) is 75.4 Å². The fourth-order valence-electron chi connectivity index (χ4n) is 1.66. The van der Waals surface area contributed by atoms with Gasteiger partial charge in [-0.2, -0.15) is 0 Å². The van der Waals surface area contributed by atoms with Crippen molar-refractivity contribution in [3.8, 4) is 0 Å². The molecule has 0 heterocycles. The SMILES string of the molecule is Cc1cc(NC=CC(=O)c2ccc(Cl)cc2)ccc1Br. The van der Waals surface area contributed by atoms with Gasteiger partial charge >= 0.3 is 0 Å². The van der Waals surface area contributed by atoms with Crippen molar-refractivity contribution in [1.29, 1.82) is 0 Å². The molecule has 1 N–H and O–H groups in total. The summed E-state index contributed by atoms with van der Waals surface area (Å²) in [5.74, 6) is -0.0667. The summed E-state index contributed by atoms with van der Waals surface area (Å²) in [6, 6.07) is 12.7. The summed E-state index contributed by atoms with van der Waals surface area (Å²) >= 11 is 9.23. The first-order valence-corrected chi connectivity index (χ1v) is 7.22. The lowest BCUT2D eigenvalue weighted by molar-refractivity contribution is 0.104. The van der Waals surface area contributed by atoms with Crippen LogP contribution in [0.4, 0.5) is 5.69 Å². The van der Waals surface area contributed by atoms with E-state index in [4.69, 9.17) is 11.6 Å². The highest BCUT2D eigenvalue weighted by atomic mass is 79.9. The van der Waals surface area contributed by atoms with Crippen LogP contribution in [0.15, 0.2) is 59.2 Å². The highest BCUT2D eigenvalue weighted by Gasteiger charge is 2.01. The number of carbonyl (C=O) groups is 1. The molecule has 0 aliphatic rings. The Morgan fingerprint density at radius 3 is 2.55 bits per heavy atom. The molecule has 0 saturated heterocycles. The predicted molar refractivity (Wildman–Crippen MR) is 87.4 cm³/mol. The molecule has 0 bridgehead atoms. The number of carbonyl (C=O) groups excluding carboxylic acids is 1. The summed E-state index contributed by atoms with van der Waals surface area (Å²) in [5, 5.41) is 3.70. The first-order chi connectivity index (χ1) is 9.56. The number of halogens is 2. The zero-order valence-corrected chi connectivity index (χ0v) is 13.2. The normalized spacial score (nSPS) is 10.8. The second-order valence-corrected chi connectivity index (χ2v) is 5.60. The second-order valence-electron chi connectivity index (χ2n) is 4.31. The molecule has 2 aromatic rings. The summed E-state index contributed by atoms with van der Waals surface area (Å²) < 4.78 is 1.06. The largest absolute Gasteiger partial charge is 0.362 e. The van der Waals surface area contributed by atoms with Crippen LogP contribution in [0.1, 0.15) is 15.9 Å². The Labute approximate surface area is 131 Å². The molecule has 2 nitrogen and oxygen atoms in total. The van der Waals surface area contributed by atoms with Crippen LogP contribution >= 0.6 is 27.5 Å². The standard InChI is InChI=1S/C16H13BrClNO/c1-11-10-14(6-7-15(11)17)19-9-8-16(20)12-2-4-13(18)5-3-12/h2-10,19H,1H3. The number of rotatable bonds is 4. The second kappa shape index (κ2) is 6.73. The van der Waals surface area contributed by atoms with Crippen molar-refractivity contribution in [2.75, 3.05) is 5.32 Å². The minimum absolute atomic E-state index is 0.0667. The fraction of sp³-hybridized carbons (Fsp3) is 0.0625. The van der Waals surface area contributed by atoms with Gasteiger partial charge in [-0.1, -0.05) is 27.5 Å². The van der Waals surface area contributed by atoms with E-state index in [9.17, 15) is 4.79 Å². The molecule has 0 spiro atoms. The lowest BCUT2D eigenvalue weighted by Gasteiger charge is -2.03. The van der Waals surface area contributed by atoms with Crippen molar-refractivity contribution in [3.63, 3.8) is 0 Å². The van der Waals surface area contributed by atoms with Crippen LogP contribution in [0.2, 0.25) is 5.02 Å². The van der Waals surface area contributed by atoms with Crippen molar-refractivity contribution in [2.45, 2.75) is 6.92 Å². The number of nitrogens with one attached hydrogen (secondary N) is 1. The number of ketones is 1. The third-order valence-corrected chi connectivity index (χ3v) is 3.91. The highest BCUT2D eigenvalue weighted by Crippen LogP contribution is 2.20. The maximum absolute atomic E-state index is 11.9. The fourth-order valence-corrected chi connectivity index (χ4v) is 2.03. The van der Waals surface area contributed by atoms with Gasteiger partial charge in [0, 0.05) is 33.0 Å². The molecule has 102 valence electrons. The van der Waals surface area contributed by atoms with Gasteiger partial charge in [0.05, 0.1) is 0 Å². The molecule has 0 aliphatic heterocycles. The first kappa shape index (κ1) is 14.8. The minimum atomic E-state index is -0.0667.